The van der Waals surface area contributed by atoms with Crippen molar-refractivity contribution in [1.29, 1.82) is 0 Å². The molecule has 2 aromatic carbocycles. The van der Waals surface area contributed by atoms with Crippen LogP contribution in [0.2, 0.25) is 0 Å². The Labute approximate surface area is 222 Å². The highest BCUT2D eigenvalue weighted by Crippen LogP contribution is 2.41. The van der Waals surface area contributed by atoms with Gasteiger partial charge in [0.05, 0.1) is 27.9 Å². The summed E-state index contributed by atoms with van der Waals surface area (Å²) >= 11 is 5.62. The molecule has 0 radical (unpaired) electrons. The molecule has 2 atom stereocenters. The fourth-order valence-corrected chi connectivity index (χ4v) is 4.78. The Morgan fingerprint density at radius 1 is 1.11 bits per heavy atom. The third-order valence-electron chi connectivity index (χ3n) is 6.21. The van der Waals surface area contributed by atoms with Crippen LogP contribution < -0.4 is 10.6 Å². The molecule has 4 aromatic rings. The van der Waals surface area contributed by atoms with E-state index in [1.165, 1.54) is 18.2 Å². The number of hydrogen-bond donors (Lipinski definition) is 2. The van der Waals surface area contributed by atoms with Crippen molar-refractivity contribution in [2.24, 2.45) is 0 Å². The van der Waals surface area contributed by atoms with Crippen molar-refractivity contribution in [3.8, 4) is 11.3 Å². The Balaban J connectivity index is 1.43. The van der Waals surface area contributed by atoms with Gasteiger partial charge < -0.3 is 20.0 Å². The number of nitrogens with one attached hydrogen (secondary N) is 2. The third kappa shape index (κ3) is 5.09. The second-order valence-electron chi connectivity index (χ2n) is 8.57. The number of hydrogen-bond acceptors (Lipinski definition) is 6. The van der Waals surface area contributed by atoms with Gasteiger partial charge in [0.1, 0.15) is 23.4 Å². The molecule has 11 heteroatoms. The molecule has 1 saturated heterocycles. The fraction of sp³-hybridized carbons (Fsp3) is 0.148. The minimum atomic E-state index is -0.523. The number of halogens is 1. The van der Waals surface area contributed by atoms with E-state index in [1.54, 1.807) is 54.7 Å². The van der Waals surface area contributed by atoms with Crippen molar-refractivity contribution in [2.75, 3.05) is 11.9 Å². The van der Waals surface area contributed by atoms with Crippen LogP contribution in [0.25, 0.3) is 11.3 Å². The van der Waals surface area contributed by atoms with Gasteiger partial charge in [-0.3, -0.25) is 19.9 Å². The highest BCUT2D eigenvalue weighted by atomic mass is 32.1. The standard InChI is InChI=1S/C27H22FN5O4S/c28-18-8-2-3-9-19(18)30-24(34)14-16-32-26(25(31-27(32)38)20-10-5-6-15-29-20)23-13-12-22(37-23)17-7-1-4-11-21(17)33(35)36/h1-13,15,25-26H,14,16H2,(H,30,34)(H,31,38)/t25-,26+/m1/s1. The maximum absolute atomic E-state index is 14.0. The number of pyridine rings is 1. The van der Waals surface area contributed by atoms with Gasteiger partial charge in [0, 0.05) is 25.2 Å². The number of rotatable bonds is 8. The Bertz CT molecular complexity index is 1500. The number of nitro benzene ring substituents is 1. The summed E-state index contributed by atoms with van der Waals surface area (Å²) in [4.78, 5) is 30.0. The number of carbonyl (C=O) groups is 1. The molecule has 1 fully saturated rings. The number of amides is 1. The zero-order valence-electron chi connectivity index (χ0n) is 19.9. The van der Waals surface area contributed by atoms with Gasteiger partial charge in [0.15, 0.2) is 5.11 Å². The summed E-state index contributed by atoms with van der Waals surface area (Å²) in [5.41, 5.74) is 1.09. The third-order valence-corrected chi connectivity index (χ3v) is 6.56. The molecular formula is C27H22FN5O4S. The Kier molecular flexibility index (Phi) is 7.09. The maximum Gasteiger partial charge on any atom is 0.280 e. The number of benzene rings is 2. The van der Waals surface area contributed by atoms with Gasteiger partial charge in [-0.05, 0) is 54.7 Å². The average Bonchev–Trinajstić information content (AvgIpc) is 3.53. The lowest BCUT2D eigenvalue weighted by atomic mass is 10.0. The molecule has 1 aliphatic rings. The molecule has 2 N–H and O–H groups in total. The molecular weight excluding hydrogens is 509 g/mol. The number of thiocarbonyl (C=S) groups is 1. The van der Waals surface area contributed by atoms with Crippen molar-refractivity contribution in [3.05, 3.63) is 112 Å². The molecule has 1 amide bonds. The molecule has 5 rings (SSSR count). The van der Waals surface area contributed by atoms with E-state index < -0.39 is 22.8 Å². The van der Waals surface area contributed by atoms with Crippen LogP contribution in [0, 0.1) is 15.9 Å². The maximum atomic E-state index is 14.0. The average molecular weight is 532 g/mol. The molecule has 0 aliphatic carbocycles. The highest BCUT2D eigenvalue weighted by Gasteiger charge is 2.41. The molecule has 0 spiro atoms. The van der Waals surface area contributed by atoms with E-state index in [4.69, 9.17) is 16.6 Å². The van der Waals surface area contributed by atoms with E-state index in [1.807, 2.05) is 17.0 Å². The lowest BCUT2D eigenvalue weighted by Gasteiger charge is -2.25. The lowest BCUT2D eigenvalue weighted by Crippen LogP contribution is -2.32. The van der Waals surface area contributed by atoms with Gasteiger partial charge in [0.2, 0.25) is 5.91 Å². The summed E-state index contributed by atoms with van der Waals surface area (Å²) in [5, 5.41) is 17.8. The Hall–Kier alpha value is -4.64. The van der Waals surface area contributed by atoms with Crippen LogP contribution >= 0.6 is 12.2 Å². The molecule has 192 valence electrons. The normalized spacial score (nSPS) is 16.8. The Morgan fingerprint density at radius 3 is 2.63 bits per heavy atom. The summed E-state index contributed by atoms with van der Waals surface area (Å²) in [6.07, 6.45) is 1.70. The summed E-state index contributed by atoms with van der Waals surface area (Å²) in [6, 6.07) is 20.3. The van der Waals surface area contributed by atoms with Crippen LogP contribution in [-0.4, -0.2) is 32.4 Å². The van der Waals surface area contributed by atoms with Gasteiger partial charge in [-0.1, -0.05) is 30.3 Å². The summed E-state index contributed by atoms with van der Waals surface area (Å²) < 4.78 is 20.1. The topological polar surface area (TPSA) is 114 Å². The largest absolute Gasteiger partial charge is 0.459 e. The first-order valence-electron chi connectivity index (χ1n) is 11.8. The Morgan fingerprint density at radius 2 is 1.87 bits per heavy atom. The van der Waals surface area contributed by atoms with Crippen LogP contribution in [0.3, 0.4) is 0 Å². The van der Waals surface area contributed by atoms with Crippen LogP contribution in [0.15, 0.2) is 89.5 Å². The fourth-order valence-electron chi connectivity index (χ4n) is 4.45. The van der Waals surface area contributed by atoms with Crippen LogP contribution in [0.4, 0.5) is 15.8 Å². The number of furan rings is 1. The monoisotopic (exact) mass is 531 g/mol. The van der Waals surface area contributed by atoms with Crippen molar-refractivity contribution in [3.63, 3.8) is 0 Å². The van der Waals surface area contributed by atoms with E-state index >= 15 is 0 Å². The first-order valence-corrected chi connectivity index (χ1v) is 12.2. The zero-order valence-corrected chi connectivity index (χ0v) is 20.7. The number of carbonyl (C=O) groups excluding carboxylic acids is 1. The van der Waals surface area contributed by atoms with Crippen LogP contribution in [-0.2, 0) is 4.79 Å². The highest BCUT2D eigenvalue weighted by molar-refractivity contribution is 7.80. The predicted molar refractivity (Wildman–Crippen MR) is 143 cm³/mol. The van der Waals surface area contributed by atoms with Crippen molar-refractivity contribution < 1.29 is 18.5 Å². The number of aromatic nitrogens is 1. The SMILES string of the molecule is O=C(CCN1C(=S)N[C@H](c2ccccn2)[C@@H]1c1ccc(-c2ccccc2[N+](=O)[O-])o1)Nc1ccccc1F. The van der Waals surface area contributed by atoms with E-state index in [9.17, 15) is 19.3 Å². The molecule has 1 aliphatic heterocycles. The summed E-state index contributed by atoms with van der Waals surface area (Å²) in [7, 11) is 0. The second kappa shape index (κ2) is 10.8. The van der Waals surface area contributed by atoms with Gasteiger partial charge >= 0.3 is 0 Å². The van der Waals surface area contributed by atoms with E-state index in [0.29, 0.717) is 27.9 Å². The van der Waals surface area contributed by atoms with Crippen molar-refractivity contribution in [1.82, 2.24) is 15.2 Å². The zero-order chi connectivity index (χ0) is 26.6. The van der Waals surface area contributed by atoms with Crippen LogP contribution in [0.5, 0.6) is 0 Å². The second-order valence-corrected chi connectivity index (χ2v) is 8.96. The molecule has 38 heavy (non-hydrogen) atoms. The van der Waals surface area contributed by atoms with Crippen molar-refractivity contribution >= 4 is 34.6 Å². The van der Waals surface area contributed by atoms with Gasteiger partial charge in [0.25, 0.3) is 5.69 Å². The first kappa shape index (κ1) is 25.0. The molecule has 0 unspecified atom stereocenters. The number of para-hydroxylation sites is 2. The van der Waals surface area contributed by atoms with E-state index in [0.717, 1.165) is 0 Å². The van der Waals surface area contributed by atoms with E-state index in [2.05, 4.69) is 15.6 Å². The first-order chi connectivity index (χ1) is 18.4. The minimum absolute atomic E-state index is 0.0271. The number of nitro groups is 1. The number of nitrogens with zero attached hydrogens (tertiary/aromatic N) is 3. The summed E-state index contributed by atoms with van der Waals surface area (Å²) in [6.45, 7) is 0.210. The smallest absolute Gasteiger partial charge is 0.280 e. The minimum Gasteiger partial charge on any atom is -0.459 e. The molecule has 0 saturated carbocycles. The van der Waals surface area contributed by atoms with Gasteiger partial charge in [-0.15, -0.1) is 0 Å². The molecule has 9 nitrogen and oxygen atoms in total. The van der Waals surface area contributed by atoms with Crippen LogP contribution in [0.1, 0.15) is 30.0 Å². The van der Waals surface area contributed by atoms with Crippen molar-refractivity contribution in [2.45, 2.75) is 18.5 Å². The summed E-state index contributed by atoms with van der Waals surface area (Å²) in [5.74, 6) is -0.0683. The van der Waals surface area contributed by atoms with E-state index in [-0.39, 0.29) is 30.2 Å². The molecule has 3 heterocycles. The quantitative estimate of drug-likeness (QED) is 0.177. The molecule has 0 bridgehead atoms. The van der Waals surface area contributed by atoms with Gasteiger partial charge in [-0.25, -0.2) is 4.39 Å². The van der Waals surface area contributed by atoms with Gasteiger partial charge in [-0.2, -0.15) is 0 Å². The predicted octanol–water partition coefficient (Wildman–Crippen LogP) is 5.39. The number of anilines is 1. The molecule has 2 aromatic heterocycles. The lowest BCUT2D eigenvalue weighted by molar-refractivity contribution is -0.384.